The average Bonchev–Trinajstić information content (AvgIpc) is 3.61. The van der Waals surface area contributed by atoms with Gasteiger partial charge in [-0.25, -0.2) is 19.6 Å². The molecular formula is C26H40B2N4O8S2. The quantitative estimate of drug-likeness (QED) is 0.141. The zero-order valence-electron chi connectivity index (χ0n) is 24.8. The molecule has 0 amide bonds. The van der Waals surface area contributed by atoms with Crippen LogP contribution in [0.25, 0.3) is 0 Å². The van der Waals surface area contributed by atoms with Gasteiger partial charge in [0, 0.05) is 22.8 Å². The maximum atomic E-state index is 10.9. The second-order valence-electron chi connectivity index (χ2n) is 10.4. The molecular weight excluding hydrogens is 582 g/mol. The molecule has 4 N–H and O–H groups in total. The molecule has 0 spiro atoms. The second kappa shape index (κ2) is 18.9. The van der Waals surface area contributed by atoms with Gasteiger partial charge in [0.2, 0.25) is 0 Å². The number of hydrogen-bond acceptors (Lipinski definition) is 12. The summed E-state index contributed by atoms with van der Waals surface area (Å²) in [6, 6.07) is -0.0512. The Hall–Kier alpha value is -2.49. The van der Waals surface area contributed by atoms with Crippen LogP contribution in [0.2, 0.25) is 0 Å². The van der Waals surface area contributed by atoms with Crippen molar-refractivity contribution in [2.45, 2.75) is 78.2 Å². The van der Waals surface area contributed by atoms with Gasteiger partial charge in [0.15, 0.2) is 11.4 Å². The molecule has 0 aliphatic rings. The van der Waals surface area contributed by atoms with Crippen molar-refractivity contribution in [3.05, 3.63) is 32.2 Å². The molecule has 12 nitrogen and oxygen atoms in total. The first-order valence-electron chi connectivity index (χ1n) is 13.6. The summed E-state index contributed by atoms with van der Waals surface area (Å²) in [5.74, 6) is -1.75. The first-order valence-corrected chi connectivity index (χ1v) is 15.3. The number of rotatable bonds is 18. The number of carboxylic acid groups (broad SMARTS) is 2. The molecule has 2 aromatic heterocycles. The second-order valence-corrected chi connectivity index (χ2v) is 12.1. The van der Waals surface area contributed by atoms with Crippen LogP contribution in [0, 0.1) is 11.8 Å². The molecule has 16 heteroatoms. The summed E-state index contributed by atoms with van der Waals surface area (Å²) < 4.78 is 0. The van der Waals surface area contributed by atoms with Gasteiger partial charge in [-0.05, 0) is 44.7 Å². The van der Waals surface area contributed by atoms with Crippen LogP contribution in [-0.2, 0) is 9.59 Å². The highest BCUT2D eigenvalue weighted by atomic mass is 32.1. The van der Waals surface area contributed by atoms with Crippen LogP contribution in [0.15, 0.2) is 10.8 Å². The monoisotopic (exact) mass is 622 g/mol. The molecule has 2 aromatic rings. The lowest BCUT2D eigenvalue weighted by Crippen LogP contribution is -2.43. The maximum absolute atomic E-state index is 10.9. The van der Waals surface area contributed by atoms with Crippen LogP contribution in [0.1, 0.15) is 97.1 Å². The number of carboxylic acids is 2. The Bertz CT molecular complexity index is 1130. The van der Waals surface area contributed by atoms with Crippen molar-refractivity contribution in [2.75, 3.05) is 13.6 Å². The Kier molecular flexibility index (Phi) is 16.9. The number of carbonyl (C=O) groups excluding carboxylic acids is 2. The standard InChI is InChI=1S/C14H22BN2O4S.C12H18BN2O4S/c1-4-5-17(15-8-18)11(9(2)3)6-12(19)13-16-10(7-22-13)14(20)21;1-7(2)9(15(3)13-6-16)4-10(17)11-14-8(5-20-11)12(18)19/h7-9,11-12,19H,4-6H2,1-3H3,(H,20,21);5-7,9-10,17H,4H2,1-3H3,(H,18,19)/t11-,12+;9-,10+/m00/s1. The fraction of sp³-hybridized carbons (Fsp3) is 0.615. The van der Waals surface area contributed by atoms with E-state index in [1.807, 2.05) is 39.4 Å². The third-order valence-electron chi connectivity index (χ3n) is 6.50. The van der Waals surface area contributed by atoms with E-state index in [0.29, 0.717) is 29.0 Å². The highest BCUT2D eigenvalue weighted by Crippen LogP contribution is 2.28. The number of thiazole rings is 2. The molecule has 0 saturated heterocycles. The van der Waals surface area contributed by atoms with Gasteiger partial charge in [-0.1, -0.05) is 34.6 Å². The highest BCUT2D eigenvalue weighted by Gasteiger charge is 2.27. The summed E-state index contributed by atoms with van der Waals surface area (Å²) in [7, 11) is 4.70. The van der Waals surface area contributed by atoms with Gasteiger partial charge >= 0.3 is 11.9 Å². The topological polar surface area (TPSA) is 181 Å². The Morgan fingerprint density at radius 2 is 1.29 bits per heavy atom. The smallest absolute Gasteiger partial charge is 0.355 e. The van der Waals surface area contributed by atoms with Crippen molar-refractivity contribution < 1.29 is 39.6 Å². The number of nitrogens with zero attached hydrogens (tertiary/aromatic N) is 4. The van der Waals surface area contributed by atoms with Crippen LogP contribution >= 0.6 is 22.7 Å². The van der Waals surface area contributed by atoms with E-state index < -0.39 is 24.1 Å². The third kappa shape index (κ3) is 12.0. The van der Waals surface area contributed by atoms with Crippen LogP contribution in [0.5, 0.6) is 0 Å². The molecule has 0 bridgehead atoms. The Labute approximate surface area is 256 Å². The molecule has 0 aromatic carbocycles. The first kappa shape index (κ1) is 37.5. The SMILES string of the molecule is CC(C)[C@H](C[C@@H](O)c1nc(C(=O)O)cs1)N(C)[B]C=O.CCCN([B]C=O)[C@@H](C[C@@H](O)c1nc(C(=O)O)cs1)C(C)C. The summed E-state index contributed by atoms with van der Waals surface area (Å²) in [5, 5.41) is 41.8. The van der Waals surface area contributed by atoms with Crippen molar-refractivity contribution in [1.29, 1.82) is 0 Å². The minimum atomic E-state index is -1.11. The number of aromatic carboxylic acids is 2. The Balaban J connectivity index is 0.000000422. The minimum Gasteiger partial charge on any atom is -0.476 e. The van der Waals surface area contributed by atoms with Gasteiger partial charge in [-0.3, -0.25) is 0 Å². The van der Waals surface area contributed by atoms with Crippen molar-refractivity contribution in [3.8, 4) is 0 Å². The zero-order chi connectivity index (χ0) is 32.0. The highest BCUT2D eigenvalue weighted by molar-refractivity contribution is 7.10. The van der Waals surface area contributed by atoms with E-state index in [9.17, 15) is 29.4 Å². The first-order chi connectivity index (χ1) is 19.8. The molecule has 42 heavy (non-hydrogen) atoms. The summed E-state index contributed by atoms with van der Waals surface area (Å²) >= 11 is 2.26. The molecule has 0 aliphatic carbocycles. The van der Waals surface area contributed by atoms with Crippen molar-refractivity contribution in [3.63, 3.8) is 0 Å². The summed E-state index contributed by atoms with van der Waals surface area (Å²) in [5.41, 5.74) is -0.108. The molecule has 0 aliphatic heterocycles. The average molecular weight is 622 g/mol. The van der Waals surface area contributed by atoms with Crippen molar-refractivity contribution in [2.24, 2.45) is 11.8 Å². The van der Waals surface area contributed by atoms with E-state index >= 15 is 0 Å². The van der Waals surface area contributed by atoms with Gasteiger partial charge in [0.05, 0.1) is 12.4 Å². The van der Waals surface area contributed by atoms with Crippen molar-refractivity contribution >= 4 is 61.8 Å². The van der Waals surface area contributed by atoms with Gasteiger partial charge in [-0.15, -0.1) is 22.7 Å². The van der Waals surface area contributed by atoms with Gasteiger partial charge in [0.25, 0.3) is 14.8 Å². The third-order valence-corrected chi connectivity index (χ3v) is 8.39. The van der Waals surface area contributed by atoms with E-state index in [0.717, 1.165) is 41.8 Å². The fourth-order valence-electron chi connectivity index (χ4n) is 4.33. The van der Waals surface area contributed by atoms with E-state index in [2.05, 4.69) is 9.97 Å². The van der Waals surface area contributed by atoms with E-state index in [1.165, 1.54) is 25.6 Å². The predicted molar refractivity (Wildman–Crippen MR) is 164 cm³/mol. The lowest BCUT2D eigenvalue weighted by atomic mass is 9.85. The van der Waals surface area contributed by atoms with E-state index in [-0.39, 0.29) is 35.3 Å². The molecule has 4 atom stereocenters. The molecule has 0 fully saturated rings. The molecule has 2 rings (SSSR count). The van der Waals surface area contributed by atoms with Crippen LogP contribution in [0.3, 0.4) is 0 Å². The Morgan fingerprint density at radius 1 is 0.857 bits per heavy atom. The van der Waals surface area contributed by atoms with E-state index in [4.69, 9.17) is 10.2 Å². The van der Waals surface area contributed by atoms with Gasteiger partial charge < -0.3 is 39.6 Å². The van der Waals surface area contributed by atoms with Gasteiger partial charge in [0.1, 0.15) is 22.2 Å². The zero-order valence-corrected chi connectivity index (χ0v) is 26.4. The number of carbonyl (C=O) groups is 4. The molecule has 2 radical (unpaired) electrons. The summed E-state index contributed by atoms with van der Waals surface area (Å²) in [6.07, 6.45) is 1.44. The summed E-state index contributed by atoms with van der Waals surface area (Å²) in [4.78, 5) is 54.5. The molecule has 230 valence electrons. The largest absolute Gasteiger partial charge is 0.476 e. The number of hydrogen-bond donors (Lipinski definition) is 4. The molecule has 0 saturated carbocycles. The minimum absolute atomic E-state index is 0.0164. The van der Waals surface area contributed by atoms with Crippen molar-refractivity contribution in [1.82, 2.24) is 19.6 Å². The normalized spacial score (nSPS) is 14.2. The number of aromatic nitrogens is 2. The van der Waals surface area contributed by atoms with Crippen LogP contribution in [-0.4, -0.2) is 105 Å². The number of aliphatic hydroxyl groups is 2. The summed E-state index contributed by atoms with van der Waals surface area (Å²) in [6.45, 7) is 10.8. The van der Waals surface area contributed by atoms with E-state index in [1.54, 1.807) is 11.9 Å². The van der Waals surface area contributed by atoms with Crippen LogP contribution < -0.4 is 0 Å². The molecule has 2 heterocycles. The Morgan fingerprint density at radius 3 is 1.62 bits per heavy atom. The maximum Gasteiger partial charge on any atom is 0.355 e. The van der Waals surface area contributed by atoms with Gasteiger partial charge in [-0.2, -0.15) is 0 Å². The molecule has 0 unspecified atom stereocenters. The van der Waals surface area contributed by atoms with Crippen LogP contribution in [0.4, 0.5) is 0 Å². The lowest BCUT2D eigenvalue weighted by molar-refractivity contribution is 0.0679. The lowest BCUT2D eigenvalue weighted by Gasteiger charge is -2.34. The number of aliphatic hydroxyl groups excluding tert-OH is 2. The predicted octanol–water partition coefficient (Wildman–Crippen LogP) is 2.84. The fourth-order valence-corrected chi connectivity index (χ4v) is 5.91.